The van der Waals surface area contributed by atoms with E-state index in [-0.39, 0.29) is 6.04 Å². The van der Waals surface area contributed by atoms with Crippen molar-refractivity contribution in [1.29, 1.82) is 0 Å². The van der Waals surface area contributed by atoms with Gasteiger partial charge in [0.15, 0.2) is 0 Å². The second-order valence-corrected chi connectivity index (χ2v) is 6.11. The van der Waals surface area contributed by atoms with Crippen LogP contribution in [0.1, 0.15) is 25.7 Å². The molecule has 20 heavy (non-hydrogen) atoms. The first-order valence-corrected chi connectivity index (χ1v) is 7.90. The number of carbonyl (C=O) groups excluding carboxylic acids is 1. The zero-order valence-electron chi connectivity index (χ0n) is 11.7. The Morgan fingerprint density at radius 3 is 2.50 bits per heavy atom. The van der Waals surface area contributed by atoms with Crippen molar-refractivity contribution in [3.63, 3.8) is 0 Å². The van der Waals surface area contributed by atoms with Gasteiger partial charge in [-0.3, -0.25) is 9.69 Å². The Labute approximate surface area is 125 Å². The van der Waals surface area contributed by atoms with Gasteiger partial charge in [0, 0.05) is 32.6 Å². The highest BCUT2D eigenvalue weighted by Crippen LogP contribution is 2.27. The molecule has 1 saturated carbocycles. The van der Waals surface area contributed by atoms with Gasteiger partial charge in [0.2, 0.25) is 0 Å². The second-order valence-electron chi connectivity index (χ2n) is 5.70. The first-order valence-electron chi connectivity index (χ1n) is 7.52. The highest BCUT2D eigenvalue weighted by atomic mass is 35.5. The van der Waals surface area contributed by atoms with Crippen molar-refractivity contribution in [1.82, 2.24) is 4.90 Å². The maximum atomic E-state index is 12.0. The number of carbonyl (C=O) groups is 1. The van der Waals surface area contributed by atoms with Gasteiger partial charge in [-0.1, -0.05) is 30.2 Å². The number of anilines is 1. The average molecular weight is 293 g/mol. The normalized spacial score (nSPS) is 24.9. The van der Waals surface area contributed by atoms with E-state index in [1.165, 1.54) is 6.42 Å². The first-order chi connectivity index (χ1) is 9.75. The molecular formula is C16H21ClN2O. The lowest BCUT2D eigenvalue weighted by atomic mass is 9.92. The summed E-state index contributed by atoms with van der Waals surface area (Å²) in [6, 6.07) is 8.18. The maximum absolute atomic E-state index is 12.0. The lowest BCUT2D eigenvalue weighted by Gasteiger charge is -2.41. The quantitative estimate of drug-likeness (QED) is 0.837. The molecule has 1 aliphatic heterocycles. The average Bonchev–Trinajstić information content (AvgIpc) is 2.49. The third-order valence-corrected chi connectivity index (χ3v) is 4.79. The fourth-order valence-corrected chi connectivity index (χ4v) is 3.59. The van der Waals surface area contributed by atoms with Gasteiger partial charge in [-0.15, -0.1) is 0 Å². The highest BCUT2D eigenvalue weighted by Gasteiger charge is 2.30. The monoisotopic (exact) mass is 292 g/mol. The zero-order valence-corrected chi connectivity index (χ0v) is 12.5. The molecule has 1 aliphatic carbocycles. The van der Waals surface area contributed by atoms with Gasteiger partial charge >= 0.3 is 0 Å². The number of para-hydroxylation sites is 1. The summed E-state index contributed by atoms with van der Waals surface area (Å²) >= 11 is 6.26. The van der Waals surface area contributed by atoms with Crippen molar-refractivity contribution in [3.8, 4) is 0 Å². The Morgan fingerprint density at radius 1 is 1.05 bits per heavy atom. The summed E-state index contributed by atoms with van der Waals surface area (Å²) in [5.41, 5.74) is 1.11. The van der Waals surface area contributed by atoms with Crippen molar-refractivity contribution in [2.24, 2.45) is 0 Å². The van der Waals surface area contributed by atoms with Gasteiger partial charge in [-0.25, -0.2) is 0 Å². The summed E-state index contributed by atoms with van der Waals surface area (Å²) < 4.78 is 0. The van der Waals surface area contributed by atoms with Gasteiger partial charge < -0.3 is 4.90 Å². The van der Waals surface area contributed by atoms with Crippen molar-refractivity contribution in [2.75, 3.05) is 31.1 Å². The Hall–Kier alpha value is -1.06. The summed E-state index contributed by atoms with van der Waals surface area (Å²) in [4.78, 5) is 16.7. The Bertz CT molecular complexity index is 483. The molecule has 0 aromatic heterocycles. The standard InChI is InChI=1S/C16H21ClN2O/c17-13-5-1-2-6-14(13)18-9-11-19(12-10-18)15-7-3-4-8-16(15)20/h1-2,5-6,15H,3-4,7-12H2. The predicted molar refractivity (Wildman–Crippen MR) is 82.5 cm³/mol. The number of halogens is 1. The van der Waals surface area contributed by atoms with Crippen LogP contribution in [0.25, 0.3) is 0 Å². The molecule has 2 fully saturated rings. The molecule has 1 heterocycles. The summed E-state index contributed by atoms with van der Waals surface area (Å²) in [5.74, 6) is 0.447. The van der Waals surface area contributed by atoms with Crippen LogP contribution in [-0.4, -0.2) is 42.9 Å². The number of ketones is 1. The number of benzene rings is 1. The summed E-state index contributed by atoms with van der Waals surface area (Å²) in [7, 11) is 0. The van der Waals surface area contributed by atoms with Crippen molar-refractivity contribution in [2.45, 2.75) is 31.7 Å². The van der Waals surface area contributed by atoms with Gasteiger partial charge in [-0.2, -0.15) is 0 Å². The molecule has 1 atom stereocenters. The van der Waals surface area contributed by atoms with E-state index < -0.39 is 0 Å². The van der Waals surface area contributed by atoms with Gasteiger partial charge in [0.05, 0.1) is 16.8 Å². The molecular weight excluding hydrogens is 272 g/mol. The molecule has 4 heteroatoms. The van der Waals surface area contributed by atoms with E-state index in [9.17, 15) is 4.79 Å². The van der Waals surface area contributed by atoms with Crippen molar-refractivity contribution in [3.05, 3.63) is 29.3 Å². The number of Topliss-reactive ketones (excluding diaryl/α,β-unsaturated/α-hetero) is 1. The van der Waals surface area contributed by atoms with E-state index in [1.54, 1.807) is 0 Å². The predicted octanol–water partition coefficient (Wildman–Crippen LogP) is 2.97. The van der Waals surface area contributed by atoms with Crippen LogP contribution in [-0.2, 0) is 4.79 Å². The molecule has 2 aliphatic rings. The molecule has 1 unspecified atom stereocenters. The van der Waals surface area contributed by atoms with Crippen LogP contribution in [0.2, 0.25) is 5.02 Å². The Kier molecular flexibility index (Phi) is 4.27. The molecule has 1 aromatic rings. The molecule has 0 spiro atoms. The van der Waals surface area contributed by atoms with Crippen molar-refractivity contribution < 1.29 is 4.79 Å². The van der Waals surface area contributed by atoms with E-state index >= 15 is 0 Å². The van der Waals surface area contributed by atoms with Gasteiger partial charge in [0.1, 0.15) is 5.78 Å². The SMILES string of the molecule is O=C1CCCCC1N1CCN(c2ccccc2Cl)CC1. The lowest BCUT2D eigenvalue weighted by molar-refractivity contribution is -0.126. The number of hydrogen-bond acceptors (Lipinski definition) is 3. The van der Waals surface area contributed by atoms with E-state index in [4.69, 9.17) is 11.6 Å². The molecule has 1 aromatic carbocycles. The largest absolute Gasteiger partial charge is 0.368 e. The number of hydrogen-bond donors (Lipinski definition) is 0. The van der Waals surface area contributed by atoms with Gasteiger partial charge in [-0.05, 0) is 25.0 Å². The topological polar surface area (TPSA) is 23.6 Å². The van der Waals surface area contributed by atoms with Gasteiger partial charge in [0.25, 0.3) is 0 Å². The minimum Gasteiger partial charge on any atom is -0.368 e. The Morgan fingerprint density at radius 2 is 1.80 bits per heavy atom. The number of nitrogens with zero attached hydrogens (tertiary/aromatic N) is 2. The minimum absolute atomic E-state index is 0.178. The molecule has 0 amide bonds. The van der Waals surface area contributed by atoms with Crippen LogP contribution < -0.4 is 4.90 Å². The van der Waals surface area contributed by atoms with Crippen LogP contribution >= 0.6 is 11.6 Å². The smallest absolute Gasteiger partial charge is 0.149 e. The molecule has 3 rings (SSSR count). The Balaban J connectivity index is 1.62. The third-order valence-electron chi connectivity index (χ3n) is 4.47. The van der Waals surface area contributed by atoms with E-state index in [0.29, 0.717) is 5.78 Å². The maximum Gasteiger partial charge on any atom is 0.149 e. The summed E-state index contributed by atoms with van der Waals surface area (Å²) in [6.45, 7) is 3.82. The molecule has 0 bridgehead atoms. The zero-order chi connectivity index (χ0) is 13.9. The number of rotatable bonds is 2. The van der Waals surface area contributed by atoms with Crippen LogP contribution in [0.15, 0.2) is 24.3 Å². The fraction of sp³-hybridized carbons (Fsp3) is 0.562. The lowest BCUT2D eigenvalue weighted by Crippen LogP contribution is -2.53. The van der Waals surface area contributed by atoms with Crippen LogP contribution in [0.4, 0.5) is 5.69 Å². The first kappa shape index (κ1) is 13.9. The summed E-state index contributed by atoms with van der Waals surface area (Å²) in [6.07, 6.45) is 4.09. The molecule has 3 nitrogen and oxygen atoms in total. The highest BCUT2D eigenvalue weighted by molar-refractivity contribution is 6.33. The number of piperazine rings is 1. The molecule has 1 saturated heterocycles. The van der Waals surface area contributed by atoms with E-state index in [1.807, 2.05) is 18.2 Å². The van der Waals surface area contributed by atoms with Crippen molar-refractivity contribution >= 4 is 23.1 Å². The second kappa shape index (κ2) is 6.15. The van der Waals surface area contributed by atoms with E-state index in [2.05, 4.69) is 15.9 Å². The minimum atomic E-state index is 0.178. The summed E-state index contributed by atoms with van der Waals surface area (Å²) in [5, 5.41) is 0.815. The van der Waals surface area contributed by atoms with Crippen LogP contribution in [0.5, 0.6) is 0 Å². The molecule has 0 radical (unpaired) electrons. The van der Waals surface area contributed by atoms with Crippen LogP contribution in [0.3, 0.4) is 0 Å². The van der Waals surface area contributed by atoms with Crippen LogP contribution in [0, 0.1) is 0 Å². The van der Waals surface area contributed by atoms with E-state index in [0.717, 1.165) is 56.2 Å². The fourth-order valence-electron chi connectivity index (χ4n) is 3.33. The molecule has 0 N–H and O–H groups in total. The third kappa shape index (κ3) is 2.84. The molecule has 108 valence electrons.